The van der Waals surface area contributed by atoms with Gasteiger partial charge in [0.15, 0.2) is 0 Å². The summed E-state index contributed by atoms with van der Waals surface area (Å²) in [6.45, 7) is 6.41. The third-order valence-electron chi connectivity index (χ3n) is 6.50. The van der Waals surface area contributed by atoms with Gasteiger partial charge in [0.1, 0.15) is 5.76 Å². The number of unbranched alkanes of at least 4 members (excludes halogenated alkanes) is 3. The smallest absolute Gasteiger partial charge is 0.223 e. The molecule has 0 saturated carbocycles. The summed E-state index contributed by atoms with van der Waals surface area (Å²) in [5.41, 5.74) is 0. The van der Waals surface area contributed by atoms with Crippen LogP contribution in [0.15, 0.2) is 22.8 Å². The number of piperidine rings is 2. The molecular weight excluding hydrogens is 366 g/mol. The number of amides is 2. The fourth-order valence-corrected chi connectivity index (χ4v) is 4.60. The Labute approximate surface area is 175 Å². The lowest BCUT2D eigenvalue weighted by atomic mass is 9.92. The predicted octanol–water partition coefficient (Wildman–Crippen LogP) is 3.57. The minimum absolute atomic E-state index is 0.103. The van der Waals surface area contributed by atoms with E-state index in [0.29, 0.717) is 24.9 Å². The fourth-order valence-electron chi connectivity index (χ4n) is 4.60. The van der Waals surface area contributed by atoms with Crippen LogP contribution < -0.4 is 5.32 Å². The van der Waals surface area contributed by atoms with E-state index in [0.717, 1.165) is 64.0 Å². The average Bonchev–Trinajstić information content (AvgIpc) is 3.29. The molecule has 2 aliphatic rings. The zero-order chi connectivity index (χ0) is 20.5. The van der Waals surface area contributed by atoms with Gasteiger partial charge in [0, 0.05) is 31.5 Å². The van der Waals surface area contributed by atoms with E-state index in [2.05, 4.69) is 22.0 Å². The van der Waals surface area contributed by atoms with Gasteiger partial charge in [0.25, 0.3) is 0 Å². The van der Waals surface area contributed by atoms with Crippen LogP contribution in [-0.4, -0.2) is 53.8 Å². The first-order valence-electron chi connectivity index (χ1n) is 11.5. The van der Waals surface area contributed by atoms with Crippen LogP contribution in [-0.2, 0) is 16.1 Å². The van der Waals surface area contributed by atoms with E-state index in [1.54, 1.807) is 6.26 Å². The lowest BCUT2D eigenvalue weighted by Gasteiger charge is -2.41. The van der Waals surface area contributed by atoms with E-state index in [1.165, 1.54) is 19.3 Å². The molecule has 0 bridgehead atoms. The molecule has 6 heteroatoms. The molecule has 2 saturated heterocycles. The number of carbonyl (C=O) groups is 2. The normalized spacial score (nSPS) is 19.4. The molecule has 2 amide bonds. The van der Waals surface area contributed by atoms with Crippen molar-refractivity contribution >= 4 is 11.8 Å². The van der Waals surface area contributed by atoms with Gasteiger partial charge in [-0.3, -0.25) is 9.59 Å². The van der Waals surface area contributed by atoms with Gasteiger partial charge in [0.2, 0.25) is 11.8 Å². The van der Waals surface area contributed by atoms with Crippen LogP contribution in [0.25, 0.3) is 0 Å². The molecule has 2 fully saturated rings. The number of hydrogen-bond acceptors (Lipinski definition) is 4. The molecule has 0 radical (unpaired) electrons. The molecule has 29 heavy (non-hydrogen) atoms. The van der Waals surface area contributed by atoms with Gasteiger partial charge in [-0.05, 0) is 57.3 Å². The van der Waals surface area contributed by atoms with Crippen molar-refractivity contribution in [3.8, 4) is 0 Å². The highest BCUT2D eigenvalue weighted by Crippen LogP contribution is 2.24. The van der Waals surface area contributed by atoms with Crippen molar-refractivity contribution in [2.75, 3.05) is 26.2 Å². The number of carbonyl (C=O) groups excluding carboxylic acids is 2. The fraction of sp³-hybridized carbons (Fsp3) is 0.739. The molecule has 0 atom stereocenters. The van der Waals surface area contributed by atoms with Crippen molar-refractivity contribution in [2.45, 2.75) is 77.3 Å². The molecule has 1 aromatic heterocycles. The molecule has 3 rings (SSSR count). The minimum atomic E-state index is 0.103. The number of nitrogens with zero attached hydrogens (tertiary/aromatic N) is 2. The summed E-state index contributed by atoms with van der Waals surface area (Å²) in [6, 6.07) is 4.28. The SMILES string of the molecule is CCCCCCC(=O)N1CCC(N2CCC(C(=O)NCc3ccco3)CC2)CC1. The third-order valence-corrected chi connectivity index (χ3v) is 6.50. The number of likely N-dealkylation sites (tertiary alicyclic amines) is 2. The lowest BCUT2D eigenvalue weighted by Crippen LogP contribution is -2.50. The maximum Gasteiger partial charge on any atom is 0.223 e. The van der Waals surface area contributed by atoms with E-state index >= 15 is 0 Å². The van der Waals surface area contributed by atoms with Crippen molar-refractivity contribution in [1.29, 1.82) is 0 Å². The minimum Gasteiger partial charge on any atom is -0.467 e. The Morgan fingerprint density at radius 1 is 1.07 bits per heavy atom. The van der Waals surface area contributed by atoms with Crippen LogP contribution in [0.1, 0.15) is 70.5 Å². The summed E-state index contributed by atoms with van der Waals surface area (Å²) in [7, 11) is 0. The van der Waals surface area contributed by atoms with Gasteiger partial charge < -0.3 is 19.5 Å². The third kappa shape index (κ3) is 6.59. The first kappa shape index (κ1) is 21.9. The highest BCUT2D eigenvalue weighted by atomic mass is 16.3. The Morgan fingerprint density at radius 2 is 1.83 bits per heavy atom. The number of nitrogens with one attached hydrogen (secondary N) is 1. The molecule has 0 aromatic carbocycles. The van der Waals surface area contributed by atoms with Gasteiger partial charge in [0.05, 0.1) is 12.8 Å². The number of furan rings is 1. The zero-order valence-corrected chi connectivity index (χ0v) is 17.9. The number of hydrogen-bond donors (Lipinski definition) is 1. The molecule has 2 aliphatic heterocycles. The predicted molar refractivity (Wildman–Crippen MR) is 113 cm³/mol. The largest absolute Gasteiger partial charge is 0.467 e. The molecular formula is C23H37N3O3. The maximum atomic E-state index is 12.4. The van der Waals surface area contributed by atoms with E-state index in [9.17, 15) is 9.59 Å². The molecule has 0 spiro atoms. The van der Waals surface area contributed by atoms with Crippen LogP contribution in [0.5, 0.6) is 0 Å². The van der Waals surface area contributed by atoms with Crippen LogP contribution in [0.4, 0.5) is 0 Å². The summed E-state index contributed by atoms with van der Waals surface area (Å²) < 4.78 is 5.27. The second kappa shape index (κ2) is 11.4. The summed E-state index contributed by atoms with van der Waals surface area (Å²) in [6.07, 6.45) is 10.9. The molecule has 3 heterocycles. The summed E-state index contributed by atoms with van der Waals surface area (Å²) in [5, 5.41) is 3.00. The summed E-state index contributed by atoms with van der Waals surface area (Å²) in [4.78, 5) is 29.4. The quantitative estimate of drug-likeness (QED) is 0.640. The maximum absolute atomic E-state index is 12.4. The van der Waals surface area contributed by atoms with E-state index < -0.39 is 0 Å². The Bertz CT molecular complexity index is 615. The molecule has 162 valence electrons. The standard InChI is InChI=1S/C23H37N3O3/c1-2-3-4-5-8-22(27)26-15-11-20(12-16-26)25-13-9-19(10-14-25)23(28)24-18-21-7-6-17-29-21/h6-7,17,19-20H,2-5,8-16,18H2,1H3,(H,24,28). The molecule has 1 N–H and O–H groups in total. The van der Waals surface area contributed by atoms with Crippen molar-refractivity contribution in [3.05, 3.63) is 24.2 Å². The molecule has 6 nitrogen and oxygen atoms in total. The summed E-state index contributed by atoms with van der Waals surface area (Å²) >= 11 is 0. The molecule has 0 aliphatic carbocycles. The van der Waals surface area contributed by atoms with Crippen LogP contribution in [0, 0.1) is 5.92 Å². The van der Waals surface area contributed by atoms with Crippen molar-refractivity contribution in [3.63, 3.8) is 0 Å². The van der Waals surface area contributed by atoms with Crippen molar-refractivity contribution in [1.82, 2.24) is 15.1 Å². The van der Waals surface area contributed by atoms with Gasteiger partial charge in [-0.1, -0.05) is 26.2 Å². The van der Waals surface area contributed by atoms with E-state index in [1.807, 2.05) is 12.1 Å². The molecule has 1 aromatic rings. The Hall–Kier alpha value is -1.82. The first-order chi connectivity index (χ1) is 14.2. The monoisotopic (exact) mass is 403 g/mol. The van der Waals surface area contributed by atoms with Gasteiger partial charge in [-0.25, -0.2) is 0 Å². The average molecular weight is 404 g/mol. The second-order valence-electron chi connectivity index (χ2n) is 8.53. The van der Waals surface area contributed by atoms with Gasteiger partial charge >= 0.3 is 0 Å². The topological polar surface area (TPSA) is 65.8 Å². The van der Waals surface area contributed by atoms with E-state index in [-0.39, 0.29) is 11.8 Å². The lowest BCUT2D eigenvalue weighted by molar-refractivity contribution is -0.133. The van der Waals surface area contributed by atoms with Crippen LogP contribution in [0.3, 0.4) is 0 Å². The van der Waals surface area contributed by atoms with Gasteiger partial charge in [-0.2, -0.15) is 0 Å². The van der Waals surface area contributed by atoms with Gasteiger partial charge in [-0.15, -0.1) is 0 Å². The van der Waals surface area contributed by atoms with Crippen LogP contribution >= 0.6 is 0 Å². The second-order valence-corrected chi connectivity index (χ2v) is 8.53. The Kier molecular flexibility index (Phi) is 8.59. The highest BCUT2D eigenvalue weighted by molar-refractivity contribution is 5.78. The highest BCUT2D eigenvalue weighted by Gasteiger charge is 2.31. The summed E-state index contributed by atoms with van der Waals surface area (Å²) in [5.74, 6) is 1.38. The Morgan fingerprint density at radius 3 is 2.48 bits per heavy atom. The number of rotatable bonds is 9. The van der Waals surface area contributed by atoms with Crippen molar-refractivity contribution < 1.29 is 14.0 Å². The first-order valence-corrected chi connectivity index (χ1v) is 11.5. The molecule has 0 unspecified atom stereocenters. The zero-order valence-electron chi connectivity index (χ0n) is 17.9. The van der Waals surface area contributed by atoms with Crippen molar-refractivity contribution in [2.24, 2.45) is 5.92 Å². The van der Waals surface area contributed by atoms with E-state index in [4.69, 9.17) is 4.42 Å². The Balaban J connectivity index is 1.32. The van der Waals surface area contributed by atoms with Crippen LogP contribution in [0.2, 0.25) is 0 Å².